The lowest BCUT2D eigenvalue weighted by atomic mass is 9.33. The van der Waals surface area contributed by atoms with Crippen molar-refractivity contribution in [2.75, 3.05) is 0 Å². The lowest BCUT2D eigenvalue weighted by molar-refractivity contribution is -0.245. The van der Waals surface area contributed by atoms with Gasteiger partial charge in [-0.3, -0.25) is 0 Å². The van der Waals surface area contributed by atoms with Crippen molar-refractivity contribution < 1.29 is 10.2 Å². The maximum absolute atomic E-state index is 12.0. The van der Waals surface area contributed by atoms with E-state index in [2.05, 4.69) is 13.8 Å². The van der Waals surface area contributed by atoms with Crippen LogP contribution in [0.15, 0.2) is 0 Å². The van der Waals surface area contributed by atoms with Crippen LogP contribution in [-0.4, -0.2) is 22.4 Å². The zero-order valence-corrected chi connectivity index (χ0v) is 34.7. The first-order valence-electron chi connectivity index (χ1n) is 25.9. The molecule has 2 heteroatoms. The van der Waals surface area contributed by atoms with Gasteiger partial charge in [0.25, 0.3) is 0 Å². The van der Waals surface area contributed by atoms with Crippen molar-refractivity contribution >= 4 is 0 Å². The van der Waals surface area contributed by atoms with Crippen LogP contribution in [0.3, 0.4) is 0 Å². The molecule has 54 heavy (non-hydrogen) atoms. The van der Waals surface area contributed by atoms with Gasteiger partial charge in [-0.2, -0.15) is 0 Å². The fraction of sp³-hybridized carbons (Fsp3) is 1.00. The third-order valence-corrected chi connectivity index (χ3v) is 24.3. The zero-order chi connectivity index (χ0) is 35.8. The van der Waals surface area contributed by atoms with Gasteiger partial charge >= 0.3 is 0 Å². The second kappa shape index (κ2) is 12.5. The van der Waals surface area contributed by atoms with Crippen LogP contribution in [0.4, 0.5) is 0 Å². The van der Waals surface area contributed by atoms with E-state index in [4.69, 9.17) is 0 Å². The normalized spacial score (nSPS) is 65.8. The fourth-order valence-electron chi connectivity index (χ4n) is 24.2. The van der Waals surface area contributed by atoms with Crippen LogP contribution in [0, 0.1) is 147 Å². The zero-order valence-electron chi connectivity index (χ0n) is 34.7. The van der Waals surface area contributed by atoms with E-state index in [0.717, 1.165) is 125 Å². The standard InChI is InChI=1S/C52H80O2/c1-3-27-22-30-24-29-18-20-37-32-11-5-7-13-34(32)44-38-25-28(43-46-35(14-8-16-41(46)53)36-15-9-17-42(54)47(36)43)19-21-40(38)52(51(29)48(37)44)49-26(2)31-10-4-6-12-33(31)45(49)39(23-27)50(30)52/h26-51,53-54H,3-25H2,1-2H3. The summed E-state index contributed by atoms with van der Waals surface area (Å²) in [6.07, 6.45) is 33.6. The van der Waals surface area contributed by atoms with Gasteiger partial charge in [0, 0.05) is 0 Å². The molecule has 0 bridgehead atoms. The Morgan fingerprint density at radius 1 is 0.407 bits per heavy atom. The van der Waals surface area contributed by atoms with Crippen molar-refractivity contribution in [3.8, 4) is 0 Å². The first-order valence-corrected chi connectivity index (χ1v) is 25.9. The summed E-state index contributed by atoms with van der Waals surface area (Å²) in [6, 6.07) is 0. The van der Waals surface area contributed by atoms with Gasteiger partial charge in [-0.05, 0) is 250 Å². The number of fused-ring (bicyclic) bond motifs is 12. The Bertz CT molecular complexity index is 1430. The third kappa shape index (κ3) is 4.25. The van der Waals surface area contributed by atoms with E-state index in [1.807, 2.05) is 0 Å². The predicted octanol–water partition coefficient (Wildman–Crippen LogP) is 11.7. The first kappa shape index (κ1) is 34.8. The Hall–Kier alpha value is -0.0800. The molecule has 0 aromatic rings. The van der Waals surface area contributed by atoms with E-state index in [1.54, 1.807) is 70.6 Å². The Morgan fingerprint density at radius 3 is 1.74 bits per heavy atom. The molecule has 13 aliphatic carbocycles. The topological polar surface area (TPSA) is 40.5 Å². The molecule has 1 spiro atoms. The lowest BCUT2D eigenvalue weighted by Gasteiger charge is -2.72. The Morgan fingerprint density at radius 2 is 1.02 bits per heavy atom. The van der Waals surface area contributed by atoms with E-state index in [1.165, 1.54) is 64.2 Å². The highest BCUT2D eigenvalue weighted by Crippen LogP contribution is 2.86. The minimum atomic E-state index is -0.0943. The van der Waals surface area contributed by atoms with E-state index < -0.39 is 0 Å². The molecular formula is C52H80O2. The van der Waals surface area contributed by atoms with E-state index >= 15 is 0 Å². The molecule has 300 valence electrons. The average molecular weight is 737 g/mol. The van der Waals surface area contributed by atoms with Gasteiger partial charge in [0.05, 0.1) is 12.2 Å². The Kier molecular flexibility index (Phi) is 8.03. The molecule has 0 heterocycles. The number of aliphatic hydroxyl groups is 2. The van der Waals surface area contributed by atoms with Crippen LogP contribution in [0.1, 0.15) is 162 Å². The van der Waals surface area contributed by atoms with Crippen LogP contribution in [0.25, 0.3) is 0 Å². The Balaban J connectivity index is 0.971. The van der Waals surface area contributed by atoms with Gasteiger partial charge in [-0.25, -0.2) is 0 Å². The highest BCUT2D eigenvalue weighted by molar-refractivity contribution is 5.28. The van der Waals surface area contributed by atoms with Crippen molar-refractivity contribution in [1.82, 2.24) is 0 Å². The SMILES string of the molecule is CCC1CC2CC3CCC4C5CCCCC5C5C6CC(C7C8C(O)CCCC8C8CCCC(O)C87)CCC6C6(C2C(C1)C1C2CCCCC2C(C)C16)C3C45. The fourth-order valence-corrected chi connectivity index (χ4v) is 24.2. The summed E-state index contributed by atoms with van der Waals surface area (Å²) >= 11 is 0. The summed E-state index contributed by atoms with van der Waals surface area (Å²) in [7, 11) is 0. The van der Waals surface area contributed by atoms with Crippen molar-refractivity contribution in [3.05, 3.63) is 0 Å². The molecule has 2 nitrogen and oxygen atoms in total. The largest absolute Gasteiger partial charge is 0.393 e. The molecule has 0 saturated heterocycles. The monoisotopic (exact) mass is 737 g/mol. The third-order valence-electron chi connectivity index (χ3n) is 24.3. The van der Waals surface area contributed by atoms with E-state index in [9.17, 15) is 10.2 Å². The van der Waals surface area contributed by atoms with Gasteiger partial charge in [0.2, 0.25) is 0 Å². The van der Waals surface area contributed by atoms with Crippen LogP contribution >= 0.6 is 0 Å². The molecular weight excluding hydrogens is 657 g/mol. The maximum Gasteiger partial charge on any atom is 0.0574 e. The van der Waals surface area contributed by atoms with Gasteiger partial charge in [0.1, 0.15) is 0 Å². The molecule has 0 aromatic carbocycles. The van der Waals surface area contributed by atoms with Crippen molar-refractivity contribution in [2.45, 2.75) is 174 Å². The molecule has 13 aliphatic rings. The first-order chi connectivity index (χ1) is 26.5. The molecule has 13 fully saturated rings. The number of rotatable bonds is 2. The molecule has 0 aliphatic heterocycles. The maximum atomic E-state index is 12.0. The summed E-state index contributed by atoms with van der Waals surface area (Å²) in [5.41, 5.74) is 0.663. The molecule has 0 aromatic heterocycles. The summed E-state index contributed by atoms with van der Waals surface area (Å²) < 4.78 is 0. The van der Waals surface area contributed by atoms with Crippen LogP contribution in [0.5, 0.6) is 0 Å². The van der Waals surface area contributed by atoms with Crippen molar-refractivity contribution in [2.24, 2.45) is 147 Å². The lowest BCUT2D eigenvalue weighted by Crippen LogP contribution is -2.67. The molecule has 26 unspecified atom stereocenters. The smallest absolute Gasteiger partial charge is 0.0574 e. The van der Waals surface area contributed by atoms with Gasteiger partial charge in [-0.15, -0.1) is 0 Å². The Labute approximate surface area is 330 Å². The van der Waals surface area contributed by atoms with E-state index in [0.29, 0.717) is 35.0 Å². The predicted molar refractivity (Wildman–Crippen MR) is 216 cm³/mol. The van der Waals surface area contributed by atoms with Crippen molar-refractivity contribution in [1.29, 1.82) is 0 Å². The van der Waals surface area contributed by atoms with Gasteiger partial charge in [-0.1, -0.05) is 58.8 Å². The second-order valence-electron chi connectivity index (χ2n) is 24.7. The average Bonchev–Trinajstić information content (AvgIpc) is 3.91. The molecule has 13 saturated carbocycles. The molecule has 2 N–H and O–H groups in total. The van der Waals surface area contributed by atoms with Crippen LogP contribution < -0.4 is 0 Å². The minimum absolute atomic E-state index is 0.0943. The molecule has 0 amide bonds. The summed E-state index contributed by atoms with van der Waals surface area (Å²) in [5, 5.41) is 24.0. The van der Waals surface area contributed by atoms with E-state index in [-0.39, 0.29) is 12.2 Å². The highest BCUT2D eigenvalue weighted by Gasteiger charge is 2.81. The summed E-state index contributed by atoms with van der Waals surface area (Å²) in [5.74, 6) is 22.7. The van der Waals surface area contributed by atoms with Crippen LogP contribution in [-0.2, 0) is 0 Å². The number of hydrogen-bond donors (Lipinski definition) is 2. The highest BCUT2D eigenvalue weighted by atomic mass is 16.3. The summed E-state index contributed by atoms with van der Waals surface area (Å²) in [4.78, 5) is 0. The molecule has 0 radical (unpaired) electrons. The minimum Gasteiger partial charge on any atom is -0.393 e. The summed E-state index contributed by atoms with van der Waals surface area (Å²) in [6.45, 7) is 5.49. The molecule has 13 rings (SSSR count). The molecule has 26 atom stereocenters. The van der Waals surface area contributed by atoms with Crippen LogP contribution in [0.2, 0.25) is 0 Å². The number of hydrogen-bond acceptors (Lipinski definition) is 2. The van der Waals surface area contributed by atoms with Gasteiger partial charge in [0.15, 0.2) is 0 Å². The van der Waals surface area contributed by atoms with Gasteiger partial charge < -0.3 is 10.2 Å². The number of aliphatic hydroxyl groups excluding tert-OH is 2. The quantitative estimate of drug-likeness (QED) is 0.296. The van der Waals surface area contributed by atoms with Crippen molar-refractivity contribution in [3.63, 3.8) is 0 Å². The second-order valence-corrected chi connectivity index (χ2v) is 24.7.